The minimum Gasteiger partial charge on any atom is -0.481 e. The molecule has 3 aromatic rings. The fourth-order valence-corrected chi connectivity index (χ4v) is 6.27. The Morgan fingerprint density at radius 3 is 2.63 bits per heavy atom. The number of halogens is 4. The van der Waals surface area contributed by atoms with Crippen molar-refractivity contribution < 1.29 is 37.1 Å². The van der Waals surface area contributed by atoms with E-state index in [1.807, 2.05) is 0 Å². The van der Waals surface area contributed by atoms with Crippen LogP contribution in [0.15, 0.2) is 39.9 Å². The second-order valence-corrected chi connectivity index (χ2v) is 11.3. The number of hydrogen-bond donors (Lipinski definition) is 2. The molecule has 2 N–H and O–H groups in total. The van der Waals surface area contributed by atoms with E-state index < -0.39 is 35.3 Å². The number of thiazole rings is 1. The number of amides is 2. The fourth-order valence-electron chi connectivity index (χ4n) is 3.32. The average Bonchev–Trinajstić information content (AvgIpc) is 3.53. The molecule has 7 nitrogen and oxygen atoms in total. The lowest BCUT2D eigenvalue weighted by atomic mass is 10.0. The van der Waals surface area contributed by atoms with E-state index in [0.29, 0.717) is 16.1 Å². The standard InChI is InChI=1S/C23H15F4N3O4S4/c24-16-2-1-11(6-15(16)23(25,26)27)12-5-14(36-9-12)8-17-20(34)30(22(35)38-17)4-3-18(31)29-21-28-13(10-37-21)7-19(32)33/h1-2,5-6,8-10H,3-4,7H2,(H,32,33)(H,28,29,31). The molecule has 1 aliphatic heterocycles. The summed E-state index contributed by atoms with van der Waals surface area (Å²) in [5.74, 6) is -3.24. The molecule has 1 saturated heterocycles. The van der Waals surface area contributed by atoms with E-state index in [9.17, 15) is 31.9 Å². The lowest BCUT2D eigenvalue weighted by Crippen LogP contribution is -2.31. The Bertz CT molecular complexity index is 1460. The van der Waals surface area contributed by atoms with Crippen molar-refractivity contribution in [3.05, 3.63) is 61.9 Å². The first kappa shape index (κ1) is 27.9. The van der Waals surface area contributed by atoms with Crippen molar-refractivity contribution >= 4 is 80.0 Å². The van der Waals surface area contributed by atoms with Crippen LogP contribution in [0.2, 0.25) is 0 Å². The number of hydrogen-bond acceptors (Lipinski definition) is 8. The summed E-state index contributed by atoms with van der Waals surface area (Å²) in [6.45, 7) is 0.00663. The molecule has 1 fully saturated rings. The topological polar surface area (TPSA) is 99.6 Å². The summed E-state index contributed by atoms with van der Waals surface area (Å²) in [4.78, 5) is 42.0. The van der Waals surface area contributed by atoms with Gasteiger partial charge in [0.2, 0.25) is 5.91 Å². The summed E-state index contributed by atoms with van der Waals surface area (Å²) in [6, 6.07) is 4.34. The molecule has 0 aliphatic carbocycles. The highest BCUT2D eigenvalue weighted by molar-refractivity contribution is 8.26. The third-order valence-corrected chi connectivity index (χ3v) is 8.13. The molecule has 198 valence electrons. The van der Waals surface area contributed by atoms with Crippen LogP contribution in [0.1, 0.15) is 22.6 Å². The number of thiocarbonyl (C=S) groups is 1. The normalized spacial score (nSPS) is 14.9. The number of aliphatic carboxylic acids is 1. The predicted molar refractivity (Wildman–Crippen MR) is 141 cm³/mol. The Hall–Kier alpha value is -3.14. The highest BCUT2D eigenvalue weighted by Gasteiger charge is 2.35. The quantitative estimate of drug-likeness (QED) is 0.189. The summed E-state index contributed by atoms with van der Waals surface area (Å²) in [7, 11) is 0. The summed E-state index contributed by atoms with van der Waals surface area (Å²) >= 11 is 8.58. The van der Waals surface area contributed by atoms with Gasteiger partial charge in [-0.25, -0.2) is 9.37 Å². The maximum atomic E-state index is 13.6. The van der Waals surface area contributed by atoms with Gasteiger partial charge in [0.05, 0.1) is 22.6 Å². The van der Waals surface area contributed by atoms with Gasteiger partial charge in [0.25, 0.3) is 5.91 Å². The van der Waals surface area contributed by atoms with Crippen molar-refractivity contribution in [3.63, 3.8) is 0 Å². The average molecular weight is 602 g/mol. The number of aromatic nitrogens is 1. The van der Waals surface area contributed by atoms with Gasteiger partial charge in [-0.1, -0.05) is 30.0 Å². The minimum absolute atomic E-state index is 0.00663. The third kappa shape index (κ3) is 6.64. The Labute approximate surface area is 230 Å². The van der Waals surface area contributed by atoms with Gasteiger partial charge >= 0.3 is 12.1 Å². The van der Waals surface area contributed by atoms with Gasteiger partial charge in [0, 0.05) is 23.2 Å². The van der Waals surface area contributed by atoms with E-state index in [-0.39, 0.29) is 39.3 Å². The number of alkyl halides is 3. The first-order valence-corrected chi connectivity index (χ1v) is 13.6. The van der Waals surface area contributed by atoms with E-state index in [2.05, 4.69) is 10.3 Å². The summed E-state index contributed by atoms with van der Waals surface area (Å²) in [5, 5.41) is 14.7. The highest BCUT2D eigenvalue weighted by Crippen LogP contribution is 2.37. The van der Waals surface area contributed by atoms with E-state index in [1.165, 1.54) is 27.7 Å². The Kier molecular flexibility index (Phi) is 8.30. The Morgan fingerprint density at radius 2 is 1.92 bits per heavy atom. The zero-order valence-electron chi connectivity index (χ0n) is 18.9. The molecule has 15 heteroatoms. The summed E-state index contributed by atoms with van der Waals surface area (Å²) < 4.78 is 53.0. The van der Waals surface area contributed by atoms with Crippen molar-refractivity contribution in [1.29, 1.82) is 0 Å². The van der Waals surface area contributed by atoms with Gasteiger partial charge < -0.3 is 10.4 Å². The molecule has 1 aliphatic rings. The number of rotatable bonds is 8. The van der Waals surface area contributed by atoms with Crippen LogP contribution >= 0.6 is 46.7 Å². The summed E-state index contributed by atoms with van der Waals surface area (Å²) in [6.07, 6.45) is -3.61. The van der Waals surface area contributed by atoms with Gasteiger partial charge in [-0.2, -0.15) is 13.2 Å². The summed E-state index contributed by atoms with van der Waals surface area (Å²) in [5.41, 5.74) is -0.420. The zero-order valence-corrected chi connectivity index (χ0v) is 22.1. The van der Waals surface area contributed by atoms with E-state index in [1.54, 1.807) is 17.5 Å². The van der Waals surface area contributed by atoms with Crippen LogP contribution in [0.5, 0.6) is 0 Å². The van der Waals surface area contributed by atoms with Gasteiger partial charge in [-0.15, -0.1) is 22.7 Å². The third-order valence-electron chi connectivity index (χ3n) is 5.06. The molecule has 3 heterocycles. The van der Waals surface area contributed by atoms with Gasteiger partial charge in [-0.3, -0.25) is 19.3 Å². The monoisotopic (exact) mass is 601 g/mol. The van der Waals surface area contributed by atoms with Crippen LogP contribution in [0.4, 0.5) is 22.7 Å². The molecule has 2 amide bonds. The number of carbonyl (C=O) groups excluding carboxylic acids is 2. The lowest BCUT2D eigenvalue weighted by Gasteiger charge is -2.13. The van der Waals surface area contributed by atoms with Gasteiger partial charge in [-0.05, 0) is 40.8 Å². The van der Waals surface area contributed by atoms with Crippen LogP contribution < -0.4 is 5.32 Å². The molecule has 0 saturated carbocycles. The fraction of sp³-hybridized carbons (Fsp3) is 0.174. The van der Waals surface area contributed by atoms with Crippen LogP contribution in [-0.2, 0) is 27.0 Å². The number of nitrogens with one attached hydrogen (secondary N) is 1. The van der Waals surface area contributed by atoms with Gasteiger partial charge in [0.1, 0.15) is 10.1 Å². The number of nitrogens with zero attached hydrogens (tertiary/aromatic N) is 2. The molecule has 38 heavy (non-hydrogen) atoms. The number of thioether (sulfide) groups is 1. The molecule has 4 rings (SSSR count). The van der Waals surface area contributed by atoms with E-state index in [0.717, 1.165) is 35.2 Å². The van der Waals surface area contributed by atoms with Crippen LogP contribution in [0, 0.1) is 5.82 Å². The number of carboxylic acid groups (broad SMARTS) is 1. The number of carboxylic acids is 1. The minimum atomic E-state index is -4.83. The molecule has 0 unspecified atom stereocenters. The number of anilines is 1. The maximum Gasteiger partial charge on any atom is 0.419 e. The molecule has 0 radical (unpaired) electrons. The SMILES string of the molecule is O=C(O)Cc1csc(NC(=O)CCN2C(=O)C(=Cc3cc(-c4ccc(F)c(C(F)(F)F)c4)cs3)SC2=S)n1. The molecular formula is C23H15F4N3O4S4. The first-order valence-electron chi connectivity index (χ1n) is 10.6. The zero-order chi connectivity index (χ0) is 27.6. The molecule has 0 bridgehead atoms. The molecule has 1 aromatic carbocycles. The van der Waals surface area contributed by atoms with Crippen LogP contribution in [0.25, 0.3) is 17.2 Å². The van der Waals surface area contributed by atoms with Crippen molar-refractivity contribution in [1.82, 2.24) is 9.88 Å². The number of thiophene rings is 1. The van der Waals surface area contributed by atoms with Crippen molar-refractivity contribution in [2.24, 2.45) is 0 Å². The van der Waals surface area contributed by atoms with Crippen molar-refractivity contribution in [3.8, 4) is 11.1 Å². The first-order chi connectivity index (χ1) is 17.9. The Balaban J connectivity index is 1.39. The largest absolute Gasteiger partial charge is 0.481 e. The van der Waals surface area contributed by atoms with Crippen molar-refractivity contribution in [2.75, 3.05) is 11.9 Å². The highest BCUT2D eigenvalue weighted by atomic mass is 32.2. The van der Waals surface area contributed by atoms with E-state index >= 15 is 0 Å². The maximum absolute atomic E-state index is 13.6. The second kappa shape index (κ2) is 11.3. The molecular weight excluding hydrogens is 587 g/mol. The van der Waals surface area contributed by atoms with Gasteiger partial charge in [0.15, 0.2) is 5.13 Å². The molecule has 0 spiro atoms. The number of benzene rings is 1. The van der Waals surface area contributed by atoms with Crippen LogP contribution in [0.3, 0.4) is 0 Å². The predicted octanol–water partition coefficient (Wildman–Crippen LogP) is 5.89. The lowest BCUT2D eigenvalue weighted by molar-refractivity contribution is -0.140. The Morgan fingerprint density at radius 1 is 1.16 bits per heavy atom. The van der Waals surface area contributed by atoms with E-state index in [4.69, 9.17) is 17.3 Å². The second-order valence-electron chi connectivity index (χ2n) is 7.78. The van der Waals surface area contributed by atoms with Crippen LogP contribution in [-0.4, -0.2) is 43.6 Å². The molecule has 0 atom stereocenters. The molecule has 2 aromatic heterocycles. The number of carbonyl (C=O) groups is 3. The van der Waals surface area contributed by atoms with Crippen molar-refractivity contribution in [2.45, 2.75) is 19.0 Å². The smallest absolute Gasteiger partial charge is 0.419 e.